The molecule has 0 radical (unpaired) electrons. The molecule has 3 aromatic carbocycles. The zero-order chi connectivity index (χ0) is 19.5. The quantitative estimate of drug-likeness (QED) is 0.405. The molecule has 2 unspecified atom stereocenters. The van der Waals surface area contributed by atoms with Crippen molar-refractivity contribution in [3.8, 4) is 0 Å². The van der Waals surface area contributed by atoms with E-state index in [0.717, 1.165) is 12.8 Å². The number of ether oxygens (including phenoxy) is 1. The van der Waals surface area contributed by atoms with Crippen LogP contribution in [0.5, 0.6) is 0 Å². The van der Waals surface area contributed by atoms with E-state index < -0.39 is 6.60 Å². The number of benzene rings is 3. The molecule has 144 valence electrons. The number of allylic oxidation sites excluding steroid dienone is 1. The summed E-state index contributed by atoms with van der Waals surface area (Å²) in [6.45, 7) is -3.03. The fourth-order valence-corrected chi connectivity index (χ4v) is 12.9. The molecule has 4 rings (SSSR count). The molecule has 3 heteroatoms. The van der Waals surface area contributed by atoms with Gasteiger partial charge in [0.25, 0.3) is 0 Å². The molecule has 0 saturated carbocycles. The van der Waals surface area contributed by atoms with Crippen molar-refractivity contribution in [1.82, 2.24) is 0 Å². The molecule has 0 N–H and O–H groups in total. The number of methoxy groups -OCH3 is 1. The Morgan fingerprint density at radius 1 is 0.786 bits per heavy atom. The number of alkyl halides is 1. The van der Waals surface area contributed by atoms with Gasteiger partial charge in [0.2, 0.25) is 0 Å². The predicted octanol–water partition coefficient (Wildman–Crippen LogP) is 5.40. The molecule has 0 aromatic heterocycles. The molecule has 0 aliphatic carbocycles. The molecule has 0 spiro atoms. The van der Waals surface area contributed by atoms with Crippen LogP contribution in [0.2, 0.25) is 0 Å². The van der Waals surface area contributed by atoms with Gasteiger partial charge in [0.15, 0.2) is 0 Å². The van der Waals surface area contributed by atoms with Gasteiger partial charge in [0.05, 0.1) is 0 Å². The van der Waals surface area contributed by atoms with E-state index in [0.29, 0.717) is 0 Å². The maximum absolute atomic E-state index is 6.94. The van der Waals surface area contributed by atoms with Gasteiger partial charge in [-0.2, -0.15) is 0 Å². The van der Waals surface area contributed by atoms with Crippen molar-refractivity contribution in [2.24, 2.45) is 0 Å². The van der Waals surface area contributed by atoms with Crippen molar-refractivity contribution >= 4 is 34.1 Å². The van der Waals surface area contributed by atoms with E-state index in [-0.39, 0.29) is 11.2 Å². The van der Waals surface area contributed by atoms with Crippen LogP contribution >= 0.6 is 18.2 Å². The molecule has 0 fully saturated rings. The molecule has 3 aromatic rings. The zero-order valence-corrected chi connectivity index (χ0v) is 17.8. The van der Waals surface area contributed by atoms with E-state index in [4.69, 9.17) is 16.3 Å². The molecule has 0 saturated heterocycles. The van der Waals surface area contributed by atoms with Crippen molar-refractivity contribution in [3.05, 3.63) is 103 Å². The summed E-state index contributed by atoms with van der Waals surface area (Å²) in [6.07, 6.45) is 4.37. The summed E-state index contributed by atoms with van der Waals surface area (Å²) < 4.78 is 5.80. The van der Waals surface area contributed by atoms with Crippen LogP contribution in [0.25, 0.3) is 0 Å². The Kier molecular flexibility index (Phi) is 5.43. The molecule has 1 aliphatic rings. The first kappa shape index (κ1) is 19.4. The number of hydrogen-bond acceptors (Lipinski definition) is 1. The topological polar surface area (TPSA) is 9.23 Å². The van der Waals surface area contributed by atoms with Crippen LogP contribution in [-0.2, 0) is 4.74 Å². The summed E-state index contributed by atoms with van der Waals surface area (Å²) in [7, 11) is 1.72. The third kappa shape index (κ3) is 2.69. The molecule has 28 heavy (non-hydrogen) atoms. The number of halogens is 1. The number of hydrogen-bond donors (Lipinski definition) is 0. The summed E-state index contributed by atoms with van der Waals surface area (Å²) in [4.78, 5) is 0. The number of rotatable bonds is 5. The fourth-order valence-electron chi connectivity index (χ4n) is 5.00. The average Bonchev–Trinajstić information content (AvgIpc) is 2.80. The zero-order valence-electron chi connectivity index (χ0n) is 16.1. The van der Waals surface area contributed by atoms with Crippen molar-refractivity contribution < 1.29 is 4.74 Å². The van der Waals surface area contributed by atoms with Gasteiger partial charge in [-0.1, -0.05) is 0 Å². The second-order valence-electron chi connectivity index (χ2n) is 7.38. The minimum atomic E-state index is -3.03. The monoisotopic (exact) mass is 408 g/mol. The molecule has 0 bridgehead atoms. The van der Waals surface area contributed by atoms with Crippen LogP contribution in [0.1, 0.15) is 12.8 Å². The maximum atomic E-state index is 6.94. The molecule has 0 amide bonds. The average molecular weight is 409 g/mol. The van der Waals surface area contributed by atoms with Gasteiger partial charge in [0, 0.05) is 0 Å². The van der Waals surface area contributed by atoms with Crippen LogP contribution in [0.4, 0.5) is 0 Å². The van der Waals surface area contributed by atoms with E-state index in [2.05, 4.69) is 103 Å². The summed E-state index contributed by atoms with van der Waals surface area (Å²) in [6, 6.07) is 32.8. The molecular weight excluding hydrogens is 383 g/mol. The molecule has 1 aliphatic heterocycles. The molecule has 1 nitrogen and oxygen atoms in total. The first-order chi connectivity index (χ1) is 13.7. The fraction of sp³-hybridized carbons (Fsp3) is 0.200. The van der Waals surface area contributed by atoms with Gasteiger partial charge in [-0.05, 0) is 0 Å². The first-order valence-electron chi connectivity index (χ1n) is 9.76. The van der Waals surface area contributed by atoms with Crippen LogP contribution in [0.15, 0.2) is 103 Å². The van der Waals surface area contributed by atoms with E-state index >= 15 is 0 Å². The van der Waals surface area contributed by atoms with Gasteiger partial charge in [-0.25, -0.2) is 0 Å². The normalized spacial score (nSPS) is 22.6. The third-order valence-electron chi connectivity index (χ3n) is 6.20. The Balaban J connectivity index is 2.22. The Bertz CT molecular complexity index is 841. The Hall–Kier alpha value is -1.92. The summed E-state index contributed by atoms with van der Waals surface area (Å²) in [5.41, 5.74) is -0.210. The van der Waals surface area contributed by atoms with Gasteiger partial charge in [-0.15, -0.1) is 0 Å². The summed E-state index contributed by atoms with van der Waals surface area (Å²) >= 11 is 6.94. The second kappa shape index (κ2) is 7.84. The molecule has 2 atom stereocenters. The van der Waals surface area contributed by atoms with Crippen molar-refractivity contribution in [1.29, 1.82) is 0 Å². The van der Waals surface area contributed by atoms with Crippen LogP contribution in [0.3, 0.4) is 0 Å². The Morgan fingerprint density at radius 2 is 1.21 bits per heavy atom. The van der Waals surface area contributed by atoms with Crippen LogP contribution in [0, 0.1) is 0 Å². The van der Waals surface area contributed by atoms with Crippen molar-refractivity contribution in [3.63, 3.8) is 0 Å². The molecular formula is C25H26ClOP. The second-order valence-corrected chi connectivity index (χ2v) is 12.8. The van der Waals surface area contributed by atoms with Crippen LogP contribution < -0.4 is 15.9 Å². The van der Waals surface area contributed by atoms with Gasteiger partial charge in [0.1, 0.15) is 0 Å². The van der Waals surface area contributed by atoms with Crippen LogP contribution in [-0.4, -0.2) is 18.3 Å². The summed E-state index contributed by atoms with van der Waals surface area (Å²) in [5.74, 6) is 2.51. The minimum absolute atomic E-state index is 0.162. The van der Waals surface area contributed by atoms with E-state index in [1.54, 1.807) is 7.11 Å². The SMILES string of the molecule is COC(Cl)C1CCC=CP1(c1ccccc1)(c1ccccc1)c1ccccc1. The van der Waals surface area contributed by atoms with E-state index in [1.807, 2.05) is 0 Å². The third-order valence-corrected chi connectivity index (χ3v) is 13.8. The Morgan fingerprint density at radius 3 is 1.61 bits per heavy atom. The van der Waals surface area contributed by atoms with E-state index in [9.17, 15) is 0 Å². The van der Waals surface area contributed by atoms with Gasteiger partial charge < -0.3 is 0 Å². The van der Waals surface area contributed by atoms with Gasteiger partial charge >= 0.3 is 173 Å². The van der Waals surface area contributed by atoms with Crippen molar-refractivity contribution in [2.75, 3.05) is 7.11 Å². The molecule has 1 heterocycles. The van der Waals surface area contributed by atoms with Gasteiger partial charge in [-0.3, -0.25) is 0 Å². The Labute approximate surface area is 172 Å². The first-order valence-corrected chi connectivity index (χ1v) is 12.6. The summed E-state index contributed by atoms with van der Waals surface area (Å²) in [5, 5.41) is 4.03. The standard InChI is InChI=1S/C25H26ClOP/c1-27-25(26)24-19-11-12-20-28(24,21-13-5-2-6-14-21,22-15-7-3-8-16-22)23-17-9-4-10-18-23/h2-10,12-18,20,24-25H,11,19H2,1H3. The van der Waals surface area contributed by atoms with Crippen molar-refractivity contribution in [2.45, 2.75) is 24.1 Å². The van der Waals surface area contributed by atoms with E-state index in [1.165, 1.54) is 15.9 Å². The predicted molar refractivity (Wildman–Crippen MR) is 124 cm³/mol.